The van der Waals surface area contributed by atoms with Gasteiger partial charge in [-0.15, -0.1) is 0 Å². The van der Waals surface area contributed by atoms with Crippen molar-refractivity contribution in [1.82, 2.24) is 9.62 Å². The van der Waals surface area contributed by atoms with Gasteiger partial charge in [0.15, 0.2) is 5.82 Å². The van der Waals surface area contributed by atoms with Gasteiger partial charge in [-0.1, -0.05) is 0 Å². The first-order valence-electron chi connectivity index (χ1n) is 7.79. The van der Waals surface area contributed by atoms with Crippen LogP contribution in [0.15, 0.2) is 6.07 Å². The van der Waals surface area contributed by atoms with Crippen molar-refractivity contribution in [2.75, 3.05) is 23.9 Å². The number of rotatable bonds is 4. The van der Waals surface area contributed by atoms with Gasteiger partial charge in [0.2, 0.25) is 11.2 Å². The third kappa shape index (κ3) is 3.24. The highest BCUT2D eigenvalue weighted by molar-refractivity contribution is 7.85. The first-order valence-corrected chi connectivity index (χ1v) is 8.90. The molecule has 1 aromatic rings. The molecule has 3 N–H and O–H groups in total. The third-order valence-electron chi connectivity index (χ3n) is 4.29. The highest BCUT2D eigenvalue weighted by Crippen LogP contribution is 2.38. The first-order chi connectivity index (χ1) is 11.4. The van der Waals surface area contributed by atoms with E-state index in [1.165, 1.54) is 6.07 Å². The summed E-state index contributed by atoms with van der Waals surface area (Å²) in [6.07, 6.45) is 0.757. The van der Waals surface area contributed by atoms with Gasteiger partial charge in [0.1, 0.15) is 18.0 Å². The molecule has 0 aliphatic carbocycles. The second-order valence-corrected chi connectivity index (χ2v) is 7.31. The van der Waals surface area contributed by atoms with Crippen molar-refractivity contribution in [1.29, 1.82) is 0 Å². The second-order valence-electron chi connectivity index (χ2n) is 6.17. The minimum Gasteiger partial charge on any atom is -0.506 e. The monoisotopic (exact) mass is 357 g/mol. The molecule has 0 bridgehead atoms. The Kier molecular flexibility index (Phi) is 4.75. The Morgan fingerprint density at radius 2 is 2.21 bits per heavy atom. The number of nitrogens with zero attached hydrogens (tertiary/aromatic N) is 2. The predicted molar refractivity (Wildman–Crippen MR) is 87.0 cm³/mol. The summed E-state index contributed by atoms with van der Waals surface area (Å²) in [6.45, 7) is 3.15. The topological polar surface area (TPSA) is 93.1 Å². The molecule has 132 valence electrons. The number of phenolic OH excluding ortho intramolecular Hbond substituents is 1. The maximum Gasteiger partial charge on any atom is 0.253 e. The Bertz CT molecular complexity index is 698. The number of carbonyl (C=O) groups is 1. The lowest BCUT2D eigenvalue weighted by molar-refractivity contribution is -0.117. The molecule has 9 heteroatoms. The molecule has 1 amide bonds. The number of hydrogen-bond donors (Lipinski definition) is 3. The van der Waals surface area contributed by atoms with Gasteiger partial charge >= 0.3 is 0 Å². The Hall–Kier alpha value is -1.71. The van der Waals surface area contributed by atoms with Crippen molar-refractivity contribution >= 4 is 22.8 Å². The van der Waals surface area contributed by atoms with Crippen LogP contribution < -0.4 is 9.03 Å². The molecule has 1 aromatic carbocycles. The summed E-state index contributed by atoms with van der Waals surface area (Å²) in [5, 5.41) is 19.5. The summed E-state index contributed by atoms with van der Waals surface area (Å²) >= 11 is -1.89. The molecule has 2 heterocycles. The lowest BCUT2D eigenvalue weighted by atomic mass is 9.97. The van der Waals surface area contributed by atoms with Gasteiger partial charge in [-0.3, -0.25) is 18.7 Å². The average molecular weight is 357 g/mol. The number of fused-ring (bicyclic) bond motifs is 1. The molecule has 0 aromatic heterocycles. The minimum absolute atomic E-state index is 0.206. The van der Waals surface area contributed by atoms with Crippen LogP contribution >= 0.6 is 0 Å². The van der Waals surface area contributed by atoms with Gasteiger partial charge in [-0.25, -0.2) is 8.60 Å². The molecule has 0 radical (unpaired) electrons. The van der Waals surface area contributed by atoms with Gasteiger partial charge in [0.25, 0.3) is 5.91 Å². The van der Waals surface area contributed by atoms with Crippen LogP contribution in [0.25, 0.3) is 0 Å². The number of hydrogen-bond acceptors (Lipinski definition) is 5. The summed E-state index contributed by atoms with van der Waals surface area (Å²) in [7, 11) is 0. The van der Waals surface area contributed by atoms with Crippen molar-refractivity contribution in [3.8, 4) is 5.75 Å². The lowest BCUT2D eigenvalue weighted by Gasteiger charge is -2.31. The SMILES string of the molecule is CC(O)CCN1CCc2cc(O)c(N3CC(=O)NS3=O)c(F)c2C1. The highest BCUT2D eigenvalue weighted by atomic mass is 32.2. The number of aliphatic hydroxyl groups excluding tert-OH is 1. The summed E-state index contributed by atoms with van der Waals surface area (Å²) in [5.41, 5.74) is 0.949. The Morgan fingerprint density at radius 1 is 1.46 bits per heavy atom. The van der Waals surface area contributed by atoms with E-state index in [4.69, 9.17) is 0 Å². The summed E-state index contributed by atoms with van der Waals surface area (Å²) in [5.74, 6) is -1.44. The third-order valence-corrected chi connectivity index (χ3v) is 5.41. The van der Waals surface area contributed by atoms with E-state index in [0.29, 0.717) is 43.6 Å². The molecule has 2 atom stereocenters. The average Bonchev–Trinajstić information content (AvgIpc) is 2.84. The van der Waals surface area contributed by atoms with Crippen molar-refractivity contribution < 1.29 is 23.6 Å². The highest BCUT2D eigenvalue weighted by Gasteiger charge is 2.34. The number of anilines is 1. The molecular weight excluding hydrogens is 337 g/mol. The molecule has 0 spiro atoms. The molecule has 7 nitrogen and oxygen atoms in total. The summed E-state index contributed by atoms with van der Waals surface area (Å²) in [4.78, 5) is 13.4. The molecule has 1 fully saturated rings. The maximum atomic E-state index is 15.0. The zero-order chi connectivity index (χ0) is 17.4. The molecule has 2 aliphatic rings. The molecule has 24 heavy (non-hydrogen) atoms. The van der Waals surface area contributed by atoms with E-state index < -0.39 is 29.0 Å². The quantitative estimate of drug-likeness (QED) is 0.715. The smallest absolute Gasteiger partial charge is 0.253 e. The Morgan fingerprint density at radius 3 is 2.83 bits per heavy atom. The van der Waals surface area contributed by atoms with Gasteiger partial charge < -0.3 is 10.2 Å². The number of phenols is 1. The summed E-state index contributed by atoms with van der Waals surface area (Å²) in [6, 6.07) is 1.49. The van der Waals surface area contributed by atoms with Crippen LogP contribution in [0.3, 0.4) is 0 Å². The molecule has 2 aliphatic heterocycles. The van der Waals surface area contributed by atoms with E-state index in [-0.39, 0.29) is 18.0 Å². The Balaban J connectivity index is 1.90. The van der Waals surface area contributed by atoms with E-state index in [1.54, 1.807) is 6.92 Å². The number of aromatic hydroxyl groups is 1. The number of amides is 1. The lowest BCUT2D eigenvalue weighted by Crippen LogP contribution is -2.34. The largest absolute Gasteiger partial charge is 0.506 e. The number of nitrogens with one attached hydrogen (secondary N) is 1. The van der Waals surface area contributed by atoms with Crippen LogP contribution in [-0.4, -0.2) is 51.0 Å². The van der Waals surface area contributed by atoms with Crippen LogP contribution in [0.1, 0.15) is 24.5 Å². The fourth-order valence-electron chi connectivity index (χ4n) is 3.03. The molecule has 1 saturated heterocycles. The molecular formula is C15H20FN3O4S. The number of halogens is 1. The number of aliphatic hydroxyl groups is 1. The van der Waals surface area contributed by atoms with Crippen molar-refractivity contribution in [3.05, 3.63) is 23.0 Å². The maximum absolute atomic E-state index is 15.0. The van der Waals surface area contributed by atoms with Crippen LogP contribution in [0.5, 0.6) is 5.75 Å². The van der Waals surface area contributed by atoms with E-state index in [9.17, 15) is 23.6 Å². The van der Waals surface area contributed by atoms with Gasteiger partial charge in [0.05, 0.1) is 6.10 Å². The minimum atomic E-state index is -1.89. The molecule has 0 saturated carbocycles. The fraction of sp³-hybridized carbons (Fsp3) is 0.533. The van der Waals surface area contributed by atoms with E-state index >= 15 is 0 Å². The zero-order valence-corrected chi connectivity index (χ0v) is 14.1. The van der Waals surface area contributed by atoms with E-state index in [1.807, 2.05) is 4.90 Å². The normalized spacial score (nSPS) is 22.4. The van der Waals surface area contributed by atoms with Gasteiger partial charge in [-0.05, 0) is 31.4 Å². The van der Waals surface area contributed by atoms with Gasteiger partial charge in [-0.2, -0.15) is 0 Å². The number of carbonyl (C=O) groups excluding carboxylic acids is 1. The van der Waals surface area contributed by atoms with Crippen molar-refractivity contribution in [3.63, 3.8) is 0 Å². The van der Waals surface area contributed by atoms with E-state index in [2.05, 4.69) is 4.72 Å². The second kappa shape index (κ2) is 6.66. The zero-order valence-electron chi connectivity index (χ0n) is 13.3. The van der Waals surface area contributed by atoms with Crippen molar-refractivity contribution in [2.24, 2.45) is 0 Å². The Labute approximate surface area is 141 Å². The predicted octanol–water partition coefficient (Wildman–Crippen LogP) is 0.175. The molecule has 2 unspecified atom stereocenters. The van der Waals surface area contributed by atoms with Crippen LogP contribution in [0, 0.1) is 5.82 Å². The van der Waals surface area contributed by atoms with Gasteiger partial charge in [0, 0.05) is 25.2 Å². The van der Waals surface area contributed by atoms with Crippen LogP contribution in [0.4, 0.5) is 10.1 Å². The molecule has 3 rings (SSSR count). The standard InChI is InChI=1S/C15H20FN3O4S/c1-9(20)2-4-18-5-3-10-6-12(21)15(14(16)11(10)7-18)19-8-13(22)17-24(19)23/h6,9,20-21H,2-5,7-8H2,1H3,(H,17,22). The van der Waals surface area contributed by atoms with Crippen LogP contribution in [-0.2, 0) is 28.9 Å². The number of benzene rings is 1. The van der Waals surface area contributed by atoms with Crippen molar-refractivity contribution in [2.45, 2.75) is 32.4 Å². The first kappa shape index (κ1) is 17.1. The van der Waals surface area contributed by atoms with E-state index in [0.717, 1.165) is 4.31 Å². The summed E-state index contributed by atoms with van der Waals surface area (Å²) < 4.78 is 30.1. The fourth-order valence-corrected chi connectivity index (χ4v) is 3.97. The van der Waals surface area contributed by atoms with Crippen LogP contribution in [0.2, 0.25) is 0 Å².